The largest absolute Gasteiger partial charge is 0.329 e. The summed E-state index contributed by atoms with van der Waals surface area (Å²) in [6.07, 6.45) is 10.0. The van der Waals surface area contributed by atoms with Gasteiger partial charge in [-0.05, 0) is 62.3 Å². The SMILES string of the molecule is CN(CC1CC2CCC1C2)C1(CN)CCCC1(C)C. The maximum absolute atomic E-state index is 6.25. The molecule has 0 heterocycles. The Morgan fingerprint density at radius 3 is 2.42 bits per heavy atom. The van der Waals surface area contributed by atoms with E-state index in [1.54, 1.807) is 0 Å². The smallest absolute Gasteiger partial charge is 0.0379 e. The number of likely N-dealkylation sites (N-methyl/N-ethyl adjacent to an activating group) is 1. The Morgan fingerprint density at radius 2 is 1.95 bits per heavy atom. The Balaban J connectivity index is 1.70. The van der Waals surface area contributed by atoms with Crippen LogP contribution in [0.15, 0.2) is 0 Å². The standard InChI is InChI=1S/C17H32N2/c1-16(2)7-4-8-17(16,12-18)19(3)11-15-10-13-5-6-14(15)9-13/h13-15H,4-12,18H2,1-3H3. The van der Waals surface area contributed by atoms with E-state index in [4.69, 9.17) is 5.73 Å². The summed E-state index contributed by atoms with van der Waals surface area (Å²) >= 11 is 0. The zero-order valence-electron chi connectivity index (χ0n) is 13.1. The summed E-state index contributed by atoms with van der Waals surface area (Å²) in [5.74, 6) is 3.06. The highest BCUT2D eigenvalue weighted by atomic mass is 15.2. The first-order chi connectivity index (χ1) is 8.98. The van der Waals surface area contributed by atoms with Crippen molar-refractivity contribution in [1.82, 2.24) is 4.90 Å². The fourth-order valence-corrected chi connectivity index (χ4v) is 5.76. The Morgan fingerprint density at radius 1 is 1.16 bits per heavy atom. The molecule has 2 heteroatoms. The van der Waals surface area contributed by atoms with Crippen LogP contribution in [0.4, 0.5) is 0 Å². The third-order valence-electron chi connectivity index (χ3n) is 7.11. The molecule has 3 aliphatic carbocycles. The Labute approximate surface area is 119 Å². The van der Waals surface area contributed by atoms with E-state index in [1.807, 2.05) is 0 Å². The van der Waals surface area contributed by atoms with Gasteiger partial charge in [0.2, 0.25) is 0 Å². The van der Waals surface area contributed by atoms with E-state index < -0.39 is 0 Å². The first kappa shape index (κ1) is 13.9. The van der Waals surface area contributed by atoms with Gasteiger partial charge in [-0.3, -0.25) is 4.90 Å². The van der Waals surface area contributed by atoms with E-state index in [9.17, 15) is 0 Å². The Kier molecular flexibility index (Phi) is 3.46. The zero-order chi connectivity index (χ0) is 13.7. The molecule has 3 saturated carbocycles. The normalized spacial score (nSPS) is 44.4. The monoisotopic (exact) mass is 264 g/mol. The van der Waals surface area contributed by atoms with Gasteiger partial charge in [-0.2, -0.15) is 0 Å². The average molecular weight is 264 g/mol. The number of hydrogen-bond acceptors (Lipinski definition) is 2. The second kappa shape index (κ2) is 4.73. The van der Waals surface area contributed by atoms with Crippen LogP contribution < -0.4 is 5.73 Å². The maximum atomic E-state index is 6.25. The predicted octanol–water partition coefficient (Wildman–Crippen LogP) is 3.26. The zero-order valence-corrected chi connectivity index (χ0v) is 13.1. The summed E-state index contributed by atoms with van der Waals surface area (Å²) in [5, 5.41) is 0. The number of rotatable bonds is 4. The molecule has 110 valence electrons. The maximum Gasteiger partial charge on any atom is 0.0379 e. The summed E-state index contributed by atoms with van der Waals surface area (Å²) in [5.41, 5.74) is 6.90. The molecule has 3 aliphatic rings. The van der Waals surface area contributed by atoms with Crippen LogP contribution >= 0.6 is 0 Å². The van der Waals surface area contributed by atoms with Crippen molar-refractivity contribution >= 4 is 0 Å². The lowest BCUT2D eigenvalue weighted by molar-refractivity contribution is 0.0160. The minimum Gasteiger partial charge on any atom is -0.329 e. The van der Waals surface area contributed by atoms with E-state index in [1.165, 1.54) is 51.5 Å². The molecule has 0 aromatic rings. The molecular formula is C17H32N2. The van der Waals surface area contributed by atoms with Crippen molar-refractivity contribution in [1.29, 1.82) is 0 Å². The molecule has 2 nitrogen and oxygen atoms in total. The average Bonchev–Trinajstić information content (AvgIpc) is 3.02. The number of hydrogen-bond donors (Lipinski definition) is 1. The minimum absolute atomic E-state index is 0.259. The molecule has 0 aromatic heterocycles. The highest BCUT2D eigenvalue weighted by Crippen LogP contribution is 2.52. The van der Waals surface area contributed by atoms with E-state index >= 15 is 0 Å². The summed E-state index contributed by atoms with van der Waals surface area (Å²) < 4.78 is 0. The molecule has 4 atom stereocenters. The second-order valence-corrected chi connectivity index (χ2v) is 8.29. The van der Waals surface area contributed by atoms with Crippen LogP contribution in [-0.2, 0) is 0 Å². The second-order valence-electron chi connectivity index (χ2n) is 8.29. The molecule has 0 saturated heterocycles. The summed E-state index contributed by atoms with van der Waals surface area (Å²) in [7, 11) is 2.35. The highest BCUT2D eigenvalue weighted by Gasteiger charge is 2.51. The molecule has 3 rings (SSSR count). The van der Waals surface area contributed by atoms with Gasteiger partial charge < -0.3 is 5.73 Å². The van der Waals surface area contributed by atoms with E-state index in [2.05, 4.69) is 25.8 Å². The predicted molar refractivity (Wildman–Crippen MR) is 81.0 cm³/mol. The molecule has 0 aromatic carbocycles. The first-order valence-corrected chi connectivity index (χ1v) is 8.40. The van der Waals surface area contributed by atoms with Crippen LogP contribution in [-0.4, -0.2) is 30.6 Å². The van der Waals surface area contributed by atoms with Gasteiger partial charge in [0.05, 0.1) is 0 Å². The molecular weight excluding hydrogens is 232 g/mol. The van der Waals surface area contributed by atoms with Crippen molar-refractivity contribution in [2.24, 2.45) is 28.9 Å². The van der Waals surface area contributed by atoms with Crippen LogP contribution in [0.3, 0.4) is 0 Å². The van der Waals surface area contributed by atoms with Crippen molar-refractivity contribution < 1.29 is 0 Å². The van der Waals surface area contributed by atoms with Gasteiger partial charge in [0.15, 0.2) is 0 Å². The van der Waals surface area contributed by atoms with Crippen LogP contribution in [0.25, 0.3) is 0 Å². The molecule has 3 fully saturated rings. The molecule has 0 spiro atoms. The lowest BCUT2D eigenvalue weighted by Gasteiger charge is -2.49. The molecule has 4 unspecified atom stereocenters. The fraction of sp³-hybridized carbons (Fsp3) is 1.00. The van der Waals surface area contributed by atoms with Crippen LogP contribution in [0.1, 0.15) is 58.8 Å². The van der Waals surface area contributed by atoms with Gasteiger partial charge in [-0.1, -0.05) is 26.7 Å². The van der Waals surface area contributed by atoms with Crippen molar-refractivity contribution in [3.63, 3.8) is 0 Å². The van der Waals surface area contributed by atoms with Gasteiger partial charge in [-0.25, -0.2) is 0 Å². The van der Waals surface area contributed by atoms with Crippen LogP contribution in [0.2, 0.25) is 0 Å². The van der Waals surface area contributed by atoms with Gasteiger partial charge in [0.25, 0.3) is 0 Å². The third kappa shape index (κ3) is 2.06. The van der Waals surface area contributed by atoms with E-state index in [0.717, 1.165) is 24.3 Å². The van der Waals surface area contributed by atoms with Crippen LogP contribution in [0.5, 0.6) is 0 Å². The molecule has 0 radical (unpaired) electrons. The fourth-order valence-electron chi connectivity index (χ4n) is 5.76. The van der Waals surface area contributed by atoms with Gasteiger partial charge >= 0.3 is 0 Å². The number of nitrogens with zero attached hydrogens (tertiary/aromatic N) is 1. The molecule has 2 bridgehead atoms. The minimum atomic E-state index is 0.259. The molecule has 0 amide bonds. The Hall–Kier alpha value is -0.0800. The van der Waals surface area contributed by atoms with Crippen molar-refractivity contribution in [2.75, 3.05) is 20.1 Å². The van der Waals surface area contributed by atoms with Crippen molar-refractivity contribution in [3.05, 3.63) is 0 Å². The van der Waals surface area contributed by atoms with E-state index in [0.29, 0.717) is 5.41 Å². The van der Waals surface area contributed by atoms with Gasteiger partial charge in [0, 0.05) is 18.6 Å². The lowest BCUT2D eigenvalue weighted by atomic mass is 9.73. The topological polar surface area (TPSA) is 29.3 Å². The van der Waals surface area contributed by atoms with Crippen molar-refractivity contribution in [3.8, 4) is 0 Å². The molecule has 0 aliphatic heterocycles. The van der Waals surface area contributed by atoms with E-state index in [-0.39, 0.29) is 5.54 Å². The molecule has 19 heavy (non-hydrogen) atoms. The van der Waals surface area contributed by atoms with Crippen LogP contribution in [0, 0.1) is 23.2 Å². The van der Waals surface area contributed by atoms with Gasteiger partial charge in [0.1, 0.15) is 0 Å². The quantitative estimate of drug-likeness (QED) is 0.844. The lowest BCUT2D eigenvalue weighted by Crippen LogP contribution is -2.59. The van der Waals surface area contributed by atoms with Crippen molar-refractivity contribution in [2.45, 2.75) is 64.3 Å². The number of fused-ring (bicyclic) bond motifs is 2. The third-order valence-corrected chi connectivity index (χ3v) is 7.11. The molecule has 2 N–H and O–H groups in total. The van der Waals surface area contributed by atoms with Gasteiger partial charge in [-0.15, -0.1) is 0 Å². The summed E-state index contributed by atoms with van der Waals surface area (Å²) in [6, 6.07) is 0. The number of nitrogens with two attached hydrogens (primary N) is 1. The highest BCUT2D eigenvalue weighted by molar-refractivity contribution is 5.07. The Bertz CT molecular complexity index is 338. The summed E-state index contributed by atoms with van der Waals surface area (Å²) in [4.78, 5) is 2.67. The first-order valence-electron chi connectivity index (χ1n) is 8.40. The summed E-state index contributed by atoms with van der Waals surface area (Å²) in [6.45, 7) is 6.99.